The second kappa shape index (κ2) is 11.0. The molecule has 0 spiro atoms. The molecule has 0 aliphatic rings. The molecule has 3 nitrogen and oxygen atoms in total. The van der Waals surface area contributed by atoms with Crippen LogP contribution in [0.15, 0.2) is 59.3 Å². The maximum Gasteiger partial charge on any atom is 0.149 e. The Morgan fingerprint density at radius 3 is 2.25 bits per heavy atom. The number of allylic oxidation sites excluding steroid dienone is 2. The molecule has 4 heteroatoms. The highest BCUT2D eigenvalue weighted by Gasteiger charge is 2.00. The number of oxime groups is 1. The van der Waals surface area contributed by atoms with Crippen molar-refractivity contribution in [2.24, 2.45) is 10.1 Å². The summed E-state index contributed by atoms with van der Waals surface area (Å²) in [5, 5.41) is 11.6. The van der Waals surface area contributed by atoms with Gasteiger partial charge in [-0.25, -0.2) is 0 Å². The number of benzene rings is 1. The zero-order valence-electron chi connectivity index (χ0n) is 11.8. The molecule has 0 amide bonds. The Kier molecular flexibility index (Phi) is 9.97. The summed E-state index contributed by atoms with van der Waals surface area (Å²) in [6.45, 7) is 11.5. The highest BCUT2D eigenvalue weighted by Crippen LogP contribution is 2.12. The Morgan fingerprint density at radius 1 is 1.25 bits per heavy atom. The van der Waals surface area contributed by atoms with Crippen LogP contribution in [0.1, 0.15) is 24.5 Å². The van der Waals surface area contributed by atoms with Gasteiger partial charge >= 0.3 is 0 Å². The van der Waals surface area contributed by atoms with E-state index in [2.05, 4.69) is 30.0 Å². The van der Waals surface area contributed by atoms with E-state index in [9.17, 15) is 0 Å². The number of rotatable bonds is 6. The second-order valence-corrected chi connectivity index (χ2v) is 4.34. The lowest BCUT2D eigenvalue weighted by Gasteiger charge is -2.04. The molecule has 20 heavy (non-hydrogen) atoms. The summed E-state index contributed by atoms with van der Waals surface area (Å²) in [6.07, 6.45) is 4.24. The summed E-state index contributed by atoms with van der Waals surface area (Å²) in [4.78, 5) is 3.94. The lowest BCUT2D eigenvalue weighted by atomic mass is 10.0. The molecular formula is C16H21ClN2O. The minimum Gasteiger partial charge on any atom is -0.410 e. The fourth-order valence-electron chi connectivity index (χ4n) is 1.61. The summed E-state index contributed by atoms with van der Waals surface area (Å²) < 4.78 is 0. The molecule has 108 valence electrons. The standard InChI is InChI=1S/C14H17ClN2O.C2H4/c1-3-13(16-2)9-8-11-4-6-12(7-5-11)10-14(15)17-18;1-2/h3-7,18H,2,8-10H2,1H3;1-2H2/b13-3-,17-14-;. The van der Waals surface area contributed by atoms with Gasteiger partial charge in [-0.1, -0.05) is 47.1 Å². The van der Waals surface area contributed by atoms with Crippen LogP contribution in [0.4, 0.5) is 0 Å². The van der Waals surface area contributed by atoms with E-state index in [1.807, 2.05) is 37.3 Å². The van der Waals surface area contributed by atoms with E-state index in [-0.39, 0.29) is 5.17 Å². The topological polar surface area (TPSA) is 45.0 Å². The van der Waals surface area contributed by atoms with Crippen molar-refractivity contribution in [2.75, 3.05) is 0 Å². The van der Waals surface area contributed by atoms with E-state index in [1.54, 1.807) is 0 Å². The largest absolute Gasteiger partial charge is 0.410 e. The van der Waals surface area contributed by atoms with Gasteiger partial charge in [0.1, 0.15) is 5.17 Å². The van der Waals surface area contributed by atoms with Gasteiger partial charge in [-0.3, -0.25) is 4.99 Å². The SMILES string of the molecule is C=C.C=N/C(=C\C)CCc1ccc(C/C(Cl)=N/O)cc1. The maximum absolute atomic E-state index is 8.48. The van der Waals surface area contributed by atoms with Crippen LogP contribution >= 0.6 is 11.6 Å². The van der Waals surface area contributed by atoms with Crippen molar-refractivity contribution in [2.45, 2.75) is 26.2 Å². The molecule has 1 N–H and O–H groups in total. The molecule has 0 aliphatic heterocycles. The van der Waals surface area contributed by atoms with Gasteiger partial charge in [0, 0.05) is 12.1 Å². The number of hydrogen-bond donors (Lipinski definition) is 1. The third-order valence-electron chi connectivity index (χ3n) is 2.69. The molecule has 1 rings (SSSR count). The van der Waals surface area contributed by atoms with E-state index in [1.165, 1.54) is 5.56 Å². The van der Waals surface area contributed by atoms with Gasteiger partial charge in [0.2, 0.25) is 0 Å². The van der Waals surface area contributed by atoms with Gasteiger partial charge in [-0.05, 0) is 37.6 Å². The fourth-order valence-corrected chi connectivity index (χ4v) is 1.77. The van der Waals surface area contributed by atoms with Crippen molar-refractivity contribution >= 4 is 23.5 Å². The number of aliphatic imine (C=N–C) groups is 1. The van der Waals surface area contributed by atoms with Crippen molar-refractivity contribution in [3.63, 3.8) is 0 Å². The van der Waals surface area contributed by atoms with E-state index >= 15 is 0 Å². The van der Waals surface area contributed by atoms with Gasteiger partial charge in [-0.2, -0.15) is 0 Å². The first-order valence-corrected chi connectivity index (χ1v) is 6.63. The molecule has 0 saturated carbocycles. The Bertz CT molecular complexity index is 464. The third-order valence-corrected chi connectivity index (χ3v) is 2.90. The van der Waals surface area contributed by atoms with Crippen LogP contribution in [0.25, 0.3) is 0 Å². The lowest BCUT2D eigenvalue weighted by molar-refractivity contribution is 0.319. The zero-order chi connectivity index (χ0) is 15.4. The fraction of sp³-hybridized carbons (Fsp3) is 0.250. The number of halogens is 1. The number of hydrogen-bond acceptors (Lipinski definition) is 3. The molecule has 0 unspecified atom stereocenters. The molecule has 0 aromatic heterocycles. The first-order chi connectivity index (χ1) is 9.69. The average Bonchev–Trinajstić information content (AvgIpc) is 2.51. The molecule has 0 bridgehead atoms. The van der Waals surface area contributed by atoms with Crippen molar-refractivity contribution in [1.29, 1.82) is 0 Å². The Morgan fingerprint density at radius 2 is 1.80 bits per heavy atom. The smallest absolute Gasteiger partial charge is 0.149 e. The van der Waals surface area contributed by atoms with Crippen LogP contribution in [0, 0.1) is 0 Å². The van der Waals surface area contributed by atoms with Crippen molar-refractivity contribution < 1.29 is 5.21 Å². The molecule has 0 radical (unpaired) electrons. The minimum atomic E-state index is 0.190. The van der Waals surface area contributed by atoms with E-state index < -0.39 is 0 Å². The summed E-state index contributed by atoms with van der Waals surface area (Å²) in [6, 6.07) is 8.07. The average molecular weight is 293 g/mol. The van der Waals surface area contributed by atoms with Crippen molar-refractivity contribution in [1.82, 2.24) is 0 Å². The van der Waals surface area contributed by atoms with Gasteiger partial charge in [0.15, 0.2) is 0 Å². The van der Waals surface area contributed by atoms with Crippen LogP contribution in [0.5, 0.6) is 0 Å². The van der Waals surface area contributed by atoms with Gasteiger partial charge in [-0.15, -0.1) is 13.2 Å². The number of aryl methyl sites for hydroxylation is 1. The second-order valence-electron chi connectivity index (χ2n) is 3.91. The molecule has 1 aromatic rings. The molecule has 0 aliphatic carbocycles. The van der Waals surface area contributed by atoms with Crippen molar-refractivity contribution in [3.8, 4) is 0 Å². The summed E-state index contributed by atoms with van der Waals surface area (Å²) in [7, 11) is 0. The molecule has 0 saturated heterocycles. The zero-order valence-corrected chi connectivity index (χ0v) is 12.6. The molecular weight excluding hydrogens is 272 g/mol. The van der Waals surface area contributed by atoms with E-state index in [4.69, 9.17) is 16.8 Å². The summed E-state index contributed by atoms with van der Waals surface area (Å²) in [5.41, 5.74) is 3.27. The van der Waals surface area contributed by atoms with Crippen LogP contribution in [0.3, 0.4) is 0 Å². The minimum absolute atomic E-state index is 0.190. The highest BCUT2D eigenvalue weighted by molar-refractivity contribution is 6.65. The predicted molar refractivity (Wildman–Crippen MR) is 88.1 cm³/mol. The Hall–Kier alpha value is -1.87. The van der Waals surface area contributed by atoms with Crippen LogP contribution < -0.4 is 0 Å². The van der Waals surface area contributed by atoms with Crippen LogP contribution in [-0.2, 0) is 12.8 Å². The quantitative estimate of drug-likeness (QED) is 0.354. The molecule has 1 aromatic carbocycles. The Labute approximate surface area is 126 Å². The summed E-state index contributed by atoms with van der Waals surface area (Å²) in [5.74, 6) is 0. The first-order valence-electron chi connectivity index (χ1n) is 6.25. The van der Waals surface area contributed by atoms with Gasteiger partial charge in [0.05, 0.1) is 0 Å². The Balaban J connectivity index is 0.00000172. The highest BCUT2D eigenvalue weighted by atomic mass is 35.5. The summed E-state index contributed by atoms with van der Waals surface area (Å²) >= 11 is 5.65. The van der Waals surface area contributed by atoms with E-state index in [0.29, 0.717) is 6.42 Å². The lowest BCUT2D eigenvalue weighted by Crippen LogP contribution is -1.95. The molecule has 0 fully saturated rings. The maximum atomic E-state index is 8.48. The number of nitrogens with zero attached hydrogens (tertiary/aromatic N) is 2. The molecule has 0 heterocycles. The van der Waals surface area contributed by atoms with Crippen LogP contribution in [-0.4, -0.2) is 17.1 Å². The van der Waals surface area contributed by atoms with Gasteiger partial charge in [0.25, 0.3) is 0 Å². The third kappa shape index (κ3) is 6.90. The monoisotopic (exact) mass is 292 g/mol. The van der Waals surface area contributed by atoms with Crippen LogP contribution in [0.2, 0.25) is 0 Å². The predicted octanol–water partition coefficient (Wildman–Crippen LogP) is 4.59. The first kappa shape index (κ1) is 18.1. The molecule has 0 atom stereocenters. The van der Waals surface area contributed by atoms with Gasteiger partial charge < -0.3 is 5.21 Å². The van der Waals surface area contributed by atoms with Crippen molar-refractivity contribution in [3.05, 3.63) is 60.3 Å². The van der Waals surface area contributed by atoms with E-state index in [0.717, 1.165) is 24.1 Å². The normalized spacial score (nSPS) is 11.5.